The van der Waals surface area contributed by atoms with E-state index in [4.69, 9.17) is 0 Å². The van der Waals surface area contributed by atoms with Gasteiger partial charge in [-0.1, -0.05) is 12.1 Å². The summed E-state index contributed by atoms with van der Waals surface area (Å²) < 4.78 is 0. The number of imidazole rings is 1. The van der Waals surface area contributed by atoms with Crippen molar-refractivity contribution in [3.63, 3.8) is 0 Å². The summed E-state index contributed by atoms with van der Waals surface area (Å²) in [5.74, 6) is 0. The van der Waals surface area contributed by atoms with Gasteiger partial charge in [0.25, 0.3) is 0 Å². The molecule has 11 heavy (non-hydrogen) atoms. The second kappa shape index (κ2) is 4.03. The third-order valence-electron chi connectivity index (χ3n) is 1.33. The number of aromatic nitrogens is 2. The number of benzene rings is 1. The first-order chi connectivity index (χ1) is 5.47. The molecule has 3 heteroatoms. The summed E-state index contributed by atoms with van der Waals surface area (Å²) in [6, 6.07) is 7.94. The Kier molecular flexibility index (Phi) is 2.98. The standard InChI is InChI=1S/C7H6N2.CH4S/c1-2-4-7-6(3-1)8-5-9-7;1-2/h1-5H,(H,8,9);2H,1H3. The van der Waals surface area contributed by atoms with E-state index in [1.54, 1.807) is 12.6 Å². The van der Waals surface area contributed by atoms with E-state index in [2.05, 4.69) is 22.6 Å². The molecule has 0 saturated heterocycles. The lowest BCUT2D eigenvalue weighted by Crippen LogP contribution is -1.63. The van der Waals surface area contributed by atoms with Crippen LogP contribution in [0.15, 0.2) is 30.6 Å². The molecule has 2 rings (SSSR count). The second-order valence-corrected chi connectivity index (χ2v) is 1.92. The van der Waals surface area contributed by atoms with Gasteiger partial charge in [-0.2, -0.15) is 12.6 Å². The maximum Gasteiger partial charge on any atom is 0.0931 e. The van der Waals surface area contributed by atoms with E-state index in [1.807, 2.05) is 24.3 Å². The summed E-state index contributed by atoms with van der Waals surface area (Å²) in [4.78, 5) is 7.07. The molecule has 2 aromatic rings. The van der Waals surface area contributed by atoms with Crippen LogP contribution in [-0.2, 0) is 0 Å². The van der Waals surface area contributed by atoms with Crippen LogP contribution in [0.4, 0.5) is 0 Å². The van der Waals surface area contributed by atoms with Crippen molar-refractivity contribution in [3.8, 4) is 0 Å². The summed E-state index contributed by atoms with van der Waals surface area (Å²) in [6.45, 7) is 0. The van der Waals surface area contributed by atoms with Crippen LogP contribution in [0.25, 0.3) is 11.0 Å². The van der Waals surface area contributed by atoms with Crippen LogP contribution in [-0.4, -0.2) is 16.2 Å². The number of H-pyrrole nitrogens is 1. The maximum atomic E-state index is 4.06. The first-order valence-electron chi connectivity index (χ1n) is 3.30. The minimum absolute atomic E-state index is 1.03. The van der Waals surface area contributed by atoms with Gasteiger partial charge in [0, 0.05) is 0 Å². The van der Waals surface area contributed by atoms with Gasteiger partial charge >= 0.3 is 0 Å². The molecule has 1 aromatic carbocycles. The highest BCUT2D eigenvalue weighted by atomic mass is 32.1. The van der Waals surface area contributed by atoms with E-state index in [-0.39, 0.29) is 0 Å². The lowest BCUT2D eigenvalue weighted by Gasteiger charge is -1.81. The van der Waals surface area contributed by atoms with Gasteiger partial charge in [-0.05, 0) is 18.4 Å². The Labute approximate surface area is 71.1 Å². The molecule has 58 valence electrons. The Morgan fingerprint density at radius 2 is 2.00 bits per heavy atom. The molecular weight excluding hydrogens is 156 g/mol. The zero-order valence-electron chi connectivity index (χ0n) is 6.28. The molecule has 0 atom stereocenters. The average molecular weight is 166 g/mol. The highest BCUT2D eigenvalue weighted by molar-refractivity contribution is 7.79. The van der Waals surface area contributed by atoms with Crippen LogP contribution in [0, 0.1) is 0 Å². The highest BCUT2D eigenvalue weighted by Crippen LogP contribution is 2.05. The van der Waals surface area contributed by atoms with Crippen LogP contribution in [0.3, 0.4) is 0 Å². The molecular formula is C8H10N2S. The van der Waals surface area contributed by atoms with Crippen LogP contribution >= 0.6 is 12.6 Å². The van der Waals surface area contributed by atoms with E-state index in [9.17, 15) is 0 Å². The predicted molar refractivity (Wildman–Crippen MR) is 51.0 cm³/mol. The van der Waals surface area contributed by atoms with Gasteiger partial charge in [0.05, 0.1) is 17.4 Å². The molecule has 0 aliphatic rings. The topological polar surface area (TPSA) is 28.7 Å². The minimum atomic E-state index is 1.03. The quantitative estimate of drug-likeness (QED) is 0.576. The number of hydrogen-bond acceptors (Lipinski definition) is 2. The lowest BCUT2D eigenvalue weighted by atomic mass is 10.3. The van der Waals surface area contributed by atoms with Gasteiger partial charge in [0.1, 0.15) is 0 Å². The first-order valence-corrected chi connectivity index (χ1v) is 4.19. The fraction of sp³-hybridized carbons (Fsp3) is 0.125. The summed E-state index contributed by atoms with van der Waals surface area (Å²) in [5, 5.41) is 0. The van der Waals surface area contributed by atoms with Crippen molar-refractivity contribution in [2.45, 2.75) is 0 Å². The minimum Gasteiger partial charge on any atom is -0.345 e. The van der Waals surface area contributed by atoms with Crippen molar-refractivity contribution < 1.29 is 0 Å². The molecule has 0 aliphatic carbocycles. The number of rotatable bonds is 0. The third kappa shape index (κ3) is 1.74. The Hall–Kier alpha value is -0.960. The van der Waals surface area contributed by atoms with E-state index < -0.39 is 0 Å². The molecule has 2 nitrogen and oxygen atoms in total. The Morgan fingerprint density at radius 3 is 2.73 bits per heavy atom. The smallest absolute Gasteiger partial charge is 0.0931 e. The maximum absolute atomic E-state index is 4.06. The van der Waals surface area contributed by atoms with Crippen molar-refractivity contribution in [1.29, 1.82) is 0 Å². The summed E-state index contributed by atoms with van der Waals surface area (Å²) in [5.41, 5.74) is 2.12. The van der Waals surface area contributed by atoms with Gasteiger partial charge in [-0.3, -0.25) is 0 Å². The number of fused-ring (bicyclic) bond motifs is 1. The number of para-hydroxylation sites is 2. The van der Waals surface area contributed by atoms with Crippen molar-refractivity contribution in [3.05, 3.63) is 30.6 Å². The number of thiol groups is 1. The van der Waals surface area contributed by atoms with Crippen molar-refractivity contribution in [2.75, 3.05) is 6.26 Å². The molecule has 0 saturated carbocycles. The van der Waals surface area contributed by atoms with E-state index in [0.717, 1.165) is 11.0 Å². The Morgan fingerprint density at radius 1 is 1.27 bits per heavy atom. The van der Waals surface area contributed by atoms with E-state index in [1.165, 1.54) is 0 Å². The Balaban J connectivity index is 0.000000281. The monoisotopic (exact) mass is 166 g/mol. The molecule has 0 spiro atoms. The number of nitrogens with one attached hydrogen (secondary N) is 1. The van der Waals surface area contributed by atoms with Crippen molar-refractivity contribution in [1.82, 2.24) is 9.97 Å². The molecule has 0 unspecified atom stereocenters. The summed E-state index contributed by atoms with van der Waals surface area (Å²) in [6.07, 6.45) is 3.39. The molecule has 0 amide bonds. The predicted octanol–water partition coefficient (Wildman–Crippen LogP) is 2.11. The normalized spacial score (nSPS) is 8.91. The molecule has 1 N–H and O–H groups in total. The van der Waals surface area contributed by atoms with Crippen LogP contribution in [0.1, 0.15) is 0 Å². The second-order valence-electron chi connectivity index (χ2n) is 1.92. The van der Waals surface area contributed by atoms with Gasteiger partial charge in [-0.15, -0.1) is 0 Å². The van der Waals surface area contributed by atoms with Gasteiger partial charge < -0.3 is 4.98 Å². The molecule has 0 aliphatic heterocycles. The number of nitrogens with zero attached hydrogens (tertiary/aromatic N) is 1. The zero-order valence-corrected chi connectivity index (χ0v) is 7.18. The molecule has 0 bridgehead atoms. The molecule has 1 aromatic heterocycles. The van der Waals surface area contributed by atoms with Crippen LogP contribution in [0.5, 0.6) is 0 Å². The van der Waals surface area contributed by atoms with Crippen molar-refractivity contribution in [2.24, 2.45) is 0 Å². The molecule has 1 heterocycles. The molecule has 0 radical (unpaired) electrons. The van der Waals surface area contributed by atoms with Gasteiger partial charge in [0.15, 0.2) is 0 Å². The fourth-order valence-corrected chi connectivity index (χ4v) is 0.880. The van der Waals surface area contributed by atoms with Crippen LogP contribution in [0.2, 0.25) is 0 Å². The Bertz CT molecular complexity index is 286. The number of hydrogen-bond donors (Lipinski definition) is 2. The largest absolute Gasteiger partial charge is 0.345 e. The highest BCUT2D eigenvalue weighted by Gasteiger charge is 1.88. The van der Waals surface area contributed by atoms with Gasteiger partial charge in [-0.25, -0.2) is 4.98 Å². The molecule has 0 fully saturated rings. The van der Waals surface area contributed by atoms with Gasteiger partial charge in [0.2, 0.25) is 0 Å². The zero-order chi connectivity index (χ0) is 8.10. The third-order valence-corrected chi connectivity index (χ3v) is 1.33. The lowest BCUT2D eigenvalue weighted by molar-refractivity contribution is 1.34. The van der Waals surface area contributed by atoms with E-state index in [0.29, 0.717) is 0 Å². The van der Waals surface area contributed by atoms with E-state index >= 15 is 0 Å². The summed E-state index contributed by atoms with van der Waals surface area (Å²) >= 11 is 3.53. The first kappa shape index (κ1) is 8.14. The average Bonchev–Trinajstić information content (AvgIpc) is 2.55. The van der Waals surface area contributed by atoms with Crippen LogP contribution < -0.4 is 0 Å². The van der Waals surface area contributed by atoms with Crippen molar-refractivity contribution >= 4 is 23.7 Å². The summed E-state index contributed by atoms with van der Waals surface area (Å²) in [7, 11) is 0. The number of aromatic amines is 1. The SMILES string of the molecule is CS.c1ccc2[nH]cnc2c1. The fourth-order valence-electron chi connectivity index (χ4n) is 0.880.